The molecule has 1 heterocycles. The number of benzene rings is 3. The molecule has 5 nitrogen and oxygen atoms in total. The van der Waals surface area contributed by atoms with Crippen LogP contribution in [0.25, 0.3) is 6.08 Å². The van der Waals surface area contributed by atoms with Gasteiger partial charge in [-0.1, -0.05) is 36.4 Å². The normalized spacial score (nSPS) is 14.5. The number of ether oxygens (including phenoxy) is 2. The van der Waals surface area contributed by atoms with Crippen LogP contribution in [-0.2, 0) is 17.8 Å². The molecular weight excluding hydrogens is 561 g/mol. The molecule has 4 rings (SSSR count). The molecule has 1 fully saturated rings. The Labute approximate surface area is 216 Å². The molecule has 34 heavy (non-hydrogen) atoms. The number of rotatable bonds is 8. The minimum Gasteiger partial charge on any atom is -0.493 e. The SMILES string of the molecule is C=CCc1cc(/C=C2\SC(=O)N(c3ccccc3)C2=O)cc(OC)c1OCc1ccc(I)cc1. The summed E-state index contributed by atoms with van der Waals surface area (Å²) in [5.41, 5.74) is 3.23. The topological polar surface area (TPSA) is 55.8 Å². The maximum atomic E-state index is 13.0. The second kappa shape index (κ2) is 10.9. The van der Waals surface area contributed by atoms with Gasteiger partial charge in [-0.15, -0.1) is 6.58 Å². The second-order valence-corrected chi connectivity index (χ2v) is 9.71. The van der Waals surface area contributed by atoms with E-state index in [-0.39, 0.29) is 11.1 Å². The maximum absolute atomic E-state index is 13.0. The first kappa shape index (κ1) is 24.1. The summed E-state index contributed by atoms with van der Waals surface area (Å²) in [6, 6.07) is 20.8. The molecule has 7 heteroatoms. The number of thioether (sulfide) groups is 1. The zero-order chi connectivity index (χ0) is 24.1. The Morgan fingerprint density at radius 3 is 2.47 bits per heavy atom. The van der Waals surface area contributed by atoms with E-state index in [0.29, 0.717) is 35.1 Å². The van der Waals surface area contributed by atoms with Crippen LogP contribution in [0.15, 0.2) is 84.3 Å². The molecule has 1 aliphatic heterocycles. The molecule has 3 aromatic rings. The van der Waals surface area contributed by atoms with Crippen molar-refractivity contribution in [3.05, 3.63) is 105 Å². The highest BCUT2D eigenvalue weighted by molar-refractivity contribution is 14.1. The predicted molar refractivity (Wildman–Crippen MR) is 145 cm³/mol. The molecule has 0 unspecified atom stereocenters. The van der Waals surface area contributed by atoms with E-state index >= 15 is 0 Å². The number of para-hydroxylation sites is 1. The minimum atomic E-state index is -0.343. The van der Waals surface area contributed by atoms with Crippen molar-refractivity contribution in [2.75, 3.05) is 12.0 Å². The number of carbonyl (C=O) groups excluding carboxylic acids is 2. The molecule has 0 spiro atoms. The van der Waals surface area contributed by atoms with Gasteiger partial charge in [0.2, 0.25) is 0 Å². The molecule has 1 aliphatic rings. The molecule has 0 N–H and O–H groups in total. The van der Waals surface area contributed by atoms with Crippen LogP contribution in [0.1, 0.15) is 16.7 Å². The van der Waals surface area contributed by atoms with Gasteiger partial charge in [0.15, 0.2) is 11.5 Å². The third-order valence-corrected chi connectivity index (χ3v) is 6.73. The summed E-state index contributed by atoms with van der Waals surface area (Å²) in [5.74, 6) is 0.846. The highest BCUT2D eigenvalue weighted by Crippen LogP contribution is 2.38. The van der Waals surface area contributed by atoms with Gasteiger partial charge >= 0.3 is 0 Å². The summed E-state index contributed by atoms with van der Waals surface area (Å²) in [7, 11) is 1.58. The summed E-state index contributed by atoms with van der Waals surface area (Å²) >= 11 is 3.19. The van der Waals surface area contributed by atoms with Gasteiger partial charge in [0, 0.05) is 9.13 Å². The Balaban J connectivity index is 1.63. The first-order chi connectivity index (χ1) is 16.5. The van der Waals surface area contributed by atoms with Gasteiger partial charge in [0.25, 0.3) is 11.1 Å². The van der Waals surface area contributed by atoms with Gasteiger partial charge in [-0.05, 0) is 94.4 Å². The third kappa shape index (κ3) is 5.37. The smallest absolute Gasteiger partial charge is 0.298 e. The minimum absolute atomic E-state index is 0.321. The summed E-state index contributed by atoms with van der Waals surface area (Å²) in [6.07, 6.45) is 4.07. The van der Waals surface area contributed by atoms with Crippen LogP contribution in [0, 0.1) is 3.57 Å². The maximum Gasteiger partial charge on any atom is 0.298 e. The molecule has 172 valence electrons. The number of amides is 2. The standard InChI is InChI=1S/C27H22INO4S/c1-3-7-20-14-19(15-23(32-2)25(20)33-17-18-10-12-21(28)13-11-18)16-24-26(30)29(27(31)34-24)22-8-5-4-6-9-22/h3-6,8-16H,1,7,17H2,2H3/b24-16-. The summed E-state index contributed by atoms with van der Waals surface area (Å²) < 4.78 is 12.9. The molecule has 3 aromatic carbocycles. The molecule has 1 saturated heterocycles. The lowest BCUT2D eigenvalue weighted by Gasteiger charge is -2.16. The van der Waals surface area contributed by atoms with Crippen molar-refractivity contribution in [3.63, 3.8) is 0 Å². The Morgan fingerprint density at radius 1 is 1.06 bits per heavy atom. The largest absolute Gasteiger partial charge is 0.493 e. The van der Waals surface area contributed by atoms with Gasteiger partial charge in [0.1, 0.15) is 6.61 Å². The van der Waals surface area contributed by atoms with Crippen molar-refractivity contribution in [3.8, 4) is 11.5 Å². The van der Waals surface area contributed by atoms with Crippen LogP contribution in [0.3, 0.4) is 0 Å². The van der Waals surface area contributed by atoms with Crippen molar-refractivity contribution in [1.29, 1.82) is 0 Å². The van der Waals surface area contributed by atoms with E-state index in [1.807, 2.05) is 42.5 Å². The number of carbonyl (C=O) groups is 2. The van der Waals surface area contributed by atoms with Gasteiger partial charge in [-0.25, -0.2) is 4.90 Å². The van der Waals surface area contributed by atoms with Gasteiger partial charge in [-0.2, -0.15) is 0 Å². The fourth-order valence-corrected chi connectivity index (χ4v) is 4.75. The Hall–Kier alpha value is -3.04. The molecule has 0 saturated carbocycles. The van der Waals surface area contributed by atoms with Crippen molar-refractivity contribution < 1.29 is 19.1 Å². The van der Waals surface area contributed by atoms with Crippen LogP contribution >= 0.6 is 34.4 Å². The van der Waals surface area contributed by atoms with Crippen LogP contribution < -0.4 is 14.4 Å². The number of allylic oxidation sites excluding steroid dienone is 1. The lowest BCUT2D eigenvalue weighted by Crippen LogP contribution is -2.27. The average Bonchev–Trinajstić information content (AvgIpc) is 3.12. The number of hydrogen-bond acceptors (Lipinski definition) is 5. The van der Waals surface area contributed by atoms with E-state index < -0.39 is 0 Å². The number of hydrogen-bond donors (Lipinski definition) is 0. The number of anilines is 1. The van der Waals surface area contributed by atoms with Crippen LogP contribution in [0.4, 0.5) is 10.5 Å². The summed E-state index contributed by atoms with van der Waals surface area (Å²) in [5, 5.41) is -0.321. The predicted octanol–water partition coefficient (Wildman–Crippen LogP) is 6.85. The summed E-state index contributed by atoms with van der Waals surface area (Å²) in [4.78, 5) is 27.1. The monoisotopic (exact) mass is 583 g/mol. The molecule has 0 aromatic heterocycles. The van der Waals surface area contributed by atoms with Crippen LogP contribution in [-0.4, -0.2) is 18.3 Å². The highest BCUT2D eigenvalue weighted by Gasteiger charge is 2.36. The van der Waals surface area contributed by atoms with E-state index in [2.05, 4.69) is 29.2 Å². The Kier molecular flexibility index (Phi) is 7.74. The van der Waals surface area contributed by atoms with E-state index in [1.54, 1.807) is 43.5 Å². The number of halogens is 1. The lowest BCUT2D eigenvalue weighted by atomic mass is 10.0. The molecule has 0 bridgehead atoms. The fourth-order valence-electron chi connectivity index (χ4n) is 3.54. The van der Waals surface area contributed by atoms with Crippen molar-refractivity contribution in [2.45, 2.75) is 13.0 Å². The highest BCUT2D eigenvalue weighted by atomic mass is 127. The van der Waals surface area contributed by atoms with Gasteiger partial charge in [-0.3, -0.25) is 9.59 Å². The van der Waals surface area contributed by atoms with E-state index in [0.717, 1.165) is 32.0 Å². The van der Waals surface area contributed by atoms with Crippen molar-refractivity contribution >= 4 is 57.3 Å². The average molecular weight is 583 g/mol. The van der Waals surface area contributed by atoms with Gasteiger partial charge < -0.3 is 9.47 Å². The molecule has 0 atom stereocenters. The number of nitrogens with zero attached hydrogens (tertiary/aromatic N) is 1. The van der Waals surface area contributed by atoms with Crippen molar-refractivity contribution in [2.24, 2.45) is 0 Å². The zero-order valence-corrected chi connectivity index (χ0v) is 21.5. The molecule has 0 radical (unpaired) electrons. The number of imide groups is 1. The Morgan fingerprint density at radius 2 is 1.79 bits per heavy atom. The second-order valence-electron chi connectivity index (χ2n) is 7.47. The fraction of sp³-hybridized carbons (Fsp3) is 0.111. The quantitative estimate of drug-likeness (QED) is 0.165. The first-order valence-corrected chi connectivity index (χ1v) is 12.4. The van der Waals surface area contributed by atoms with Crippen LogP contribution in [0.2, 0.25) is 0 Å². The molecular formula is C27H22INO4S. The molecule has 0 aliphatic carbocycles. The van der Waals surface area contributed by atoms with Crippen LogP contribution in [0.5, 0.6) is 11.5 Å². The molecule has 2 amide bonds. The van der Waals surface area contributed by atoms with Gasteiger partial charge in [0.05, 0.1) is 17.7 Å². The summed E-state index contributed by atoms with van der Waals surface area (Å²) in [6.45, 7) is 4.25. The van der Waals surface area contributed by atoms with E-state index in [9.17, 15) is 9.59 Å². The first-order valence-electron chi connectivity index (χ1n) is 10.5. The van der Waals surface area contributed by atoms with Crippen molar-refractivity contribution in [1.82, 2.24) is 0 Å². The Bertz CT molecular complexity index is 1260. The number of methoxy groups -OCH3 is 1. The van der Waals surface area contributed by atoms with E-state index in [4.69, 9.17) is 9.47 Å². The third-order valence-electron chi connectivity index (χ3n) is 5.14. The van der Waals surface area contributed by atoms with E-state index in [1.165, 1.54) is 4.90 Å². The lowest BCUT2D eigenvalue weighted by molar-refractivity contribution is -0.113. The zero-order valence-electron chi connectivity index (χ0n) is 18.5.